The number of para-hydroxylation sites is 2. The molecule has 0 bridgehead atoms. The van der Waals surface area contributed by atoms with Gasteiger partial charge in [0, 0.05) is 12.2 Å². The highest BCUT2D eigenvalue weighted by Crippen LogP contribution is 2.15. The van der Waals surface area contributed by atoms with Crippen molar-refractivity contribution in [2.45, 2.75) is 20.0 Å². The standard InChI is InChI=1S/C23H23N5/c1-17-6-12-20(13-7-17)27-23(24)25-14-18-8-10-19(11-9-18)15-28-16-26-21-4-2-3-5-22(21)28/h2-13,16H,14-15H2,1H3,(H3,24,25,27). The van der Waals surface area contributed by atoms with Crippen molar-refractivity contribution in [1.82, 2.24) is 9.55 Å². The fourth-order valence-electron chi connectivity index (χ4n) is 3.08. The Hall–Kier alpha value is -3.60. The molecule has 0 saturated heterocycles. The molecule has 0 amide bonds. The molecule has 1 heterocycles. The minimum Gasteiger partial charge on any atom is -0.370 e. The van der Waals surface area contributed by atoms with Crippen molar-refractivity contribution in [3.63, 3.8) is 0 Å². The molecule has 28 heavy (non-hydrogen) atoms. The van der Waals surface area contributed by atoms with Crippen LogP contribution in [-0.2, 0) is 13.1 Å². The number of aryl methyl sites for hydroxylation is 1. The Balaban J connectivity index is 1.38. The van der Waals surface area contributed by atoms with Crippen LogP contribution in [0.3, 0.4) is 0 Å². The summed E-state index contributed by atoms with van der Waals surface area (Å²) in [4.78, 5) is 8.87. The minimum absolute atomic E-state index is 0.415. The van der Waals surface area contributed by atoms with Crippen molar-refractivity contribution in [1.29, 1.82) is 0 Å². The first-order valence-electron chi connectivity index (χ1n) is 9.29. The van der Waals surface area contributed by atoms with Crippen LogP contribution in [-0.4, -0.2) is 15.5 Å². The Labute approximate surface area is 164 Å². The molecule has 0 unspecified atom stereocenters. The third-order valence-electron chi connectivity index (χ3n) is 4.66. The molecular formula is C23H23N5. The van der Waals surface area contributed by atoms with Crippen molar-refractivity contribution in [3.05, 3.63) is 95.8 Å². The summed E-state index contributed by atoms with van der Waals surface area (Å²) in [5.74, 6) is 0.415. The van der Waals surface area contributed by atoms with Crippen molar-refractivity contribution in [2.24, 2.45) is 10.7 Å². The Morgan fingerprint density at radius 1 is 0.964 bits per heavy atom. The van der Waals surface area contributed by atoms with Crippen molar-refractivity contribution in [3.8, 4) is 0 Å². The molecule has 0 atom stereocenters. The van der Waals surface area contributed by atoms with E-state index in [2.05, 4.69) is 57.1 Å². The van der Waals surface area contributed by atoms with Gasteiger partial charge in [-0.3, -0.25) is 0 Å². The minimum atomic E-state index is 0.415. The number of rotatable bonds is 5. The van der Waals surface area contributed by atoms with Gasteiger partial charge >= 0.3 is 0 Å². The van der Waals surface area contributed by atoms with Crippen LogP contribution in [0.15, 0.2) is 84.1 Å². The number of hydrogen-bond donors (Lipinski definition) is 2. The van der Waals surface area contributed by atoms with Crippen LogP contribution >= 0.6 is 0 Å². The predicted octanol–water partition coefficient (Wildman–Crippen LogP) is 4.32. The van der Waals surface area contributed by atoms with E-state index >= 15 is 0 Å². The van der Waals surface area contributed by atoms with Gasteiger partial charge < -0.3 is 15.6 Å². The number of imidazole rings is 1. The van der Waals surface area contributed by atoms with Crippen molar-refractivity contribution < 1.29 is 0 Å². The van der Waals surface area contributed by atoms with Crippen LogP contribution in [0.1, 0.15) is 16.7 Å². The molecule has 3 aromatic carbocycles. The zero-order valence-electron chi connectivity index (χ0n) is 15.8. The molecule has 0 saturated carbocycles. The van der Waals surface area contributed by atoms with E-state index in [-0.39, 0.29) is 0 Å². The lowest BCUT2D eigenvalue weighted by atomic mass is 10.1. The van der Waals surface area contributed by atoms with Gasteiger partial charge in [-0.25, -0.2) is 9.98 Å². The first kappa shape index (κ1) is 17.8. The van der Waals surface area contributed by atoms with Gasteiger partial charge in [0.2, 0.25) is 0 Å². The summed E-state index contributed by atoms with van der Waals surface area (Å²) >= 11 is 0. The SMILES string of the molecule is Cc1ccc(NC(N)=NCc2ccc(Cn3cnc4ccccc43)cc2)cc1. The number of nitrogens with two attached hydrogens (primary N) is 1. The number of anilines is 1. The number of benzene rings is 3. The second-order valence-electron chi connectivity index (χ2n) is 6.87. The fourth-order valence-corrected chi connectivity index (χ4v) is 3.08. The number of hydrogen-bond acceptors (Lipinski definition) is 2. The van der Waals surface area contributed by atoms with Crippen LogP contribution in [0.25, 0.3) is 11.0 Å². The molecule has 0 aliphatic carbocycles. The number of nitrogens with zero attached hydrogens (tertiary/aromatic N) is 3. The maximum Gasteiger partial charge on any atom is 0.193 e. The quantitative estimate of drug-likeness (QED) is 0.407. The number of aliphatic imine (C=N–C) groups is 1. The smallest absolute Gasteiger partial charge is 0.193 e. The molecule has 5 nitrogen and oxygen atoms in total. The van der Waals surface area contributed by atoms with Crippen LogP contribution in [0.4, 0.5) is 5.69 Å². The molecule has 5 heteroatoms. The molecule has 0 aliphatic heterocycles. The number of aromatic nitrogens is 2. The topological polar surface area (TPSA) is 68.2 Å². The highest BCUT2D eigenvalue weighted by atomic mass is 15.1. The normalized spacial score (nSPS) is 11.7. The van der Waals surface area contributed by atoms with Gasteiger partial charge in [-0.1, -0.05) is 54.1 Å². The van der Waals surface area contributed by atoms with E-state index < -0.39 is 0 Å². The third kappa shape index (κ3) is 4.20. The molecule has 4 aromatic rings. The molecule has 0 aliphatic rings. The molecule has 0 spiro atoms. The van der Waals surface area contributed by atoms with Gasteiger partial charge in [-0.15, -0.1) is 0 Å². The summed E-state index contributed by atoms with van der Waals surface area (Å²) in [6, 6.07) is 24.7. The summed E-state index contributed by atoms with van der Waals surface area (Å²) < 4.78 is 2.16. The van der Waals surface area contributed by atoms with Gasteiger partial charge in [0.25, 0.3) is 0 Å². The summed E-state index contributed by atoms with van der Waals surface area (Å²) in [5.41, 5.74) is 12.7. The first-order chi connectivity index (χ1) is 13.7. The lowest BCUT2D eigenvalue weighted by Gasteiger charge is -2.07. The van der Waals surface area contributed by atoms with E-state index in [9.17, 15) is 0 Å². The Morgan fingerprint density at radius 3 is 2.46 bits per heavy atom. The van der Waals surface area contributed by atoms with Gasteiger partial charge in [0.1, 0.15) is 0 Å². The Kier molecular flexibility index (Phi) is 5.06. The van der Waals surface area contributed by atoms with Crippen LogP contribution in [0.5, 0.6) is 0 Å². The van der Waals surface area contributed by atoms with Crippen molar-refractivity contribution in [2.75, 3.05) is 5.32 Å². The maximum atomic E-state index is 5.99. The molecule has 3 N–H and O–H groups in total. The number of guanidine groups is 1. The first-order valence-corrected chi connectivity index (χ1v) is 9.29. The average Bonchev–Trinajstić information content (AvgIpc) is 3.12. The van der Waals surface area contributed by atoms with Crippen LogP contribution < -0.4 is 11.1 Å². The van der Waals surface area contributed by atoms with E-state index in [0.717, 1.165) is 28.8 Å². The van der Waals surface area contributed by atoms with Crippen molar-refractivity contribution >= 4 is 22.7 Å². The summed E-state index contributed by atoms with van der Waals surface area (Å²) in [7, 11) is 0. The number of fused-ring (bicyclic) bond motifs is 1. The van der Waals surface area contributed by atoms with Crippen LogP contribution in [0.2, 0.25) is 0 Å². The van der Waals surface area contributed by atoms with Gasteiger partial charge in [-0.05, 0) is 42.3 Å². The maximum absolute atomic E-state index is 5.99. The highest BCUT2D eigenvalue weighted by molar-refractivity contribution is 5.92. The second-order valence-corrected chi connectivity index (χ2v) is 6.87. The van der Waals surface area contributed by atoms with Gasteiger partial charge in [-0.2, -0.15) is 0 Å². The molecule has 4 rings (SSSR count). The van der Waals surface area contributed by atoms with E-state index in [1.54, 1.807) is 0 Å². The zero-order chi connectivity index (χ0) is 19.3. The summed E-state index contributed by atoms with van der Waals surface area (Å²) in [6.07, 6.45) is 1.89. The highest BCUT2D eigenvalue weighted by Gasteiger charge is 2.03. The number of nitrogens with one attached hydrogen (secondary N) is 1. The third-order valence-corrected chi connectivity index (χ3v) is 4.66. The lowest BCUT2D eigenvalue weighted by Crippen LogP contribution is -2.22. The molecular weight excluding hydrogens is 346 g/mol. The summed E-state index contributed by atoms with van der Waals surface area (Å²) in [5, 5.41) is 3.11. The van der Waals surface area contributed by atoms with E-state index in [1.807, 2.05) is 48.8 Å². The van der Waals surface area contributed by atoms with E-state index in [4.69, 9.17) is 5.73 Å². The molecule has 1 aromatic heterocycles. The lowest BCUT2D eigenvalue weighted by molar-refractivity contribution is 0.823. The van der Waals surface area contributed by atoms with Gasteiger partial charge in [0.15, 0.2) is 5.96 Å². The van der Waals surface area contributed by atoms with Crippen LogP contribution in [0, 0.1) is 6.92 Å². The molecule has 140 valence electrons. The van der Waals surface area contributed by atoms with Gasteiger partial charge in [0.05, 0.1) is 23.9 Å². The average molecular weight is 369 g/mol. The molecule has 0 radical (unpaired) electrons. The fraction of sp³-hybridized carbons (Fsp3) is 0.130. The Morgan fingerprint density at radius 2 is 1.68 bits per heavy atom. The zero-order valence-corrected chi connectivity index (χ0v) is 15.8. The second kappa shape index (κ2) is 7.96. The molecule has 0 fully saturated rings. The largest absolute Gasteiger partial charge is 0.370 e. The Bertz CT molecular complexity index is 1090. The summed E-state index contributed by atoms with van der Waals surface area (Å²) in [6.45, 7) is 3.39. The monoisotopic (exact) mass is 369 g/mol. The predicted molar refractivity (Wildman–Crippen MR) is 115 cm³/mol. The van der Waals surface area contributed by atoms with E-state index in [0.29, 0.717) is 12.5 Å². The van der Waals surface area contributed by atoms with E-state index in [1.165, 1.54) is 11.1 Å².